The van der Waals surface area contributed by atoms with Crippen molar-refractivity contribution in [3.05, 3.63) is 22.8 Å². The van der Waals surface area contributed by atoms with Gasteiger partial charge in [0.25, 0.3) is 0 Å². The van der Waals surface area contributed by atoms with Crippen LogP contribution in [-0.2, 0) is 4.79 Å². The van der Waals surface area contributed by atoms with Crippen LogP contribution in [0.15, 0.2) is 17.1 Å². The predicted molar refractivity (Wildman–Crippen MR) is 40.7 cm³/mol. The van der Waals surface area contributed by atoms with Crippen LogP contribution < -0.4 is 5.49 Å². The Morgan fingerprint density at radius 3 is 2.92 bits per heavy atom. The Balaban J connectivity index is 3.27. The summed E-state index contributed by atoms with van der Waals surface area (Å²) in [5, 5.41) is 12.6. The molecule has 0 fully saturated rings. The molecule has 0 atom stereocenters. The van der Waals surface area contributed by atoms with E-state index in [2.05, 4.69) is 10.1 Å². The quantitative estimate of drug-likeness (QED) is 0.591. The zero-order valence-corrected chi connectivity index (χ0v) is 6.99. The Labute approximate surface area is 72.9 Å². The summed E-state index contributed by atoms with van der Waals surface area (Å²) in [4.78, 5) is 14.4. The molecule has 1 N–H and O–H groups in total. The molecule has 1 aromatic rings. The van der Waals surface area contributed by atoms with Crippen LogP contribution >= 0.6 is 11.6 Å². The van der Waals surface area contributed by atoms with Crippen LogP contribution in [-0.4, -0.2) is 21.1 Å². The van der Waals surface area contributed by atoms with Crippen molar-refractivity contribution < 1.29 is 10.0 Å². The summed E-state index contributed by atoms with van der Waals surface area (Å²) in [6, 6.07) is 2.81. The summed E-state index contributed by atoms with van der Waals surface area (Å²) in [6.07, 6.45) is 0. The fourth-order valence-electron chi connectivity index (χ4n) is 0.628. The molecule has 12 heavy (non-hydrogen) atoms. The molecule has 0 aliphatic rings. The van der Waals surface area contributed by atoms with E-state index in [1.807, 2.05) is 0 Å². The minimum absolute atomic E-state index is 0.0481. The number of halogens is 1. The van der Waals surface area contributed by atoms with E-state index in [4.69, 9.17) is 16.8 Å². The second-order valence-corrected chi connectivity index (χ2v) is 2.42. The van der Waals surface area contributed by atoms with E-state index >= 15 is 0 Å². The third-order valence-corrected chi connectivity index (χ3v) is 1.24. The van der Waals surface area contributed by atoms with Gasteiger partial charge < -0.3 is 5.21 Å². The molecule has 0 aromatic carbocycles. The van der Waals surface area contributed by atoms with Crippen molar-refractivity contribution in [1.82, 2.24) is 9.94 Å². The predicted octanol–water partition coefficient (Wildman–Crippen LogP) is 0.221. The molecule has 0 aliphatic carbocycles. The average molecular weight is 188 g/mol. The third-order valence-electron chi connectivity index (χ3n) is 1.04. The number of aromatic nitrogens is 2. The smallest absolute Gasteiger partial charge is 0.244 e. The van der Waals surface area contributed by atoms with Gasteiger partial charge in [-0.3, -0.25) is 4.79 Å². The van der Waals surface area contributed by atoms with Crippen LogP contribution in [0.3, 0.4) is 0 Å². The normalized spacial score (nSPS) is 11.7. The minimum atomic E-state index is -0.415. The van der Waals surface area contributed by atoms with Crippen LogP contribution in [0.4, 0.5) is 0 Å². The maximum absolute atomic E-state index is 10.5. The number of hydrogen-bond donors (Lipinski definition) is 1. The van der Waals surface area contributed by atoms with Crippen molar-refractivity contribution in [2.24, 2.45) is 4.99 Å². The van der Waals surface area contributed by atoms with Crippen molar-refractivity contribution in [2.75, 3.05) is 0 Å². The van der Waals surface area contributed by atoms with Crippen molar-refractivity contribution in [1.29, 1.82) is 0 Å². The van der Waals surface area contributed by atoms with Gasteiger partial charge in [0.05, 0.1) is 0 Å². The van der Waals surface area contributed by atoms with E-state index < -0.39 is 5.91 Å². The summed E-state index contributed by atoms with van der Waals surface area (Å²) in [6.45, 7) is 1.27. The number of carbonyl (C=O) groups is 1. The van der Waals surface area contributed by atoms with E-state index in [9.17, 15) is 4.79 Å². The molecule has 6 heteroatoms. The largest absolute Gasteiger partial charge is 0.410 e. The van der Waals surface area contributed by atoms with Crippen LogP contribution in [0.25, 0.3) is 0 Å². The van der Waals surface area contributed by atoms with E-state index in [0.717, 1.165) is 0 Å². The van der Waals surface area contributed by atoms with Gasteiger partial charge in [0.15, 0.2) is 10.6 Å². The van der Waals surface area contributed by atoms with Crippen molar-refractivity contribution in [2.45, 2.75) is 6.92 Å². The van der Waals surface area contributed by atoms with Crippen LogP contribution in [0.2, 0.25) is 5.15 Å². The van der Waals surface area contributed by atoms with Gasteiger partial charge in [0, 0.05) is 6.92 Å². The monoisotopic (exact) mass is 187 g/mol. The number of nitrogens with zero attached hydrogens (tertiary/aromatic N) is 3. The van der Waals surface area contributed by atoms with E-state index in [1.165, 1.54) is 19.1 Å². The molecule has 64 valence electrons. The maximum Gasteiger partial charge on any atom is 0.244 e. The highest BCUT2D eigenvalue weighted by atomic mass is 35.5. The molecule has 1 aromatic heterocycles. The molecule has 0 bridgehead atoms. The first-order valence-corrected chi connectivity index (χ1v) is 3.48. The first kappa shape index (κ1) is 8.73. The first-order valence-electron chi connectivity index (χ1n) is 3.10. The van der Waals surface area contributed by atoms with E-state index in [1.54, 1.807) is 0 Å². The van der Waals surface area contributed by atoms with Gasteiger partial charge in [-0.05, 0) is 12.1 Å². The lowest BCUT2D eigenvalue weighted by atomic mass is 10.6. The van der Waals surface area contributed by atoms with Gasteiger partial charge in [-0.1, -0.05) is 16.4 Å². The van der Waals surface area contributed by atoms with Crippen LogP contribution in [0, 0.1) is 0 Å². The highest BCUT2D eigenvalue weighted by Gasteiger charge is 1.94. The highest BCUT2D eigenvalue weighted by molar-refractivity contribution is 6.29. The zero-order valence-electron chi connectivity index (χ0n) is 6.23. The molecule has 0 unspecified atom stereocenters. The Morgan fingerprint density at radius 1 is 1.75 bits per heavy atom. The van der Waals surface area contributed by atoms with Crippen molar-refractivity contribution in [3.63, 3.8) is 0 Å². The molecule has 0 spiro atoms. The molecule has 1 amide bonds. The van der Waals surface area contributed by atoms with Gasteiger partial charge in [0.2, 0.25) is 5.91 Å². The van der Waals surface area contributed by atoms with Crippen LogP contribution in [0.1, 0.15) is 6.92 Å². The standard InChI is InChI=1S/C6H6ClN3O2/c1-4(11)8-6-3-2-5(7)9-10(6)12/h2-3,12H,1H3. The number of rotatable bonds is 0. The lowest BCUT2D eigenvalue weighted by molar-refractivity contribution is -0.116. The Kier molecular flexibility index (Phi) is 2.44. The summed E-state index contributed by atoms with van der Waals surface area (Å²) < 4.78 is 0. The lowest BCUT2D eigenvalue weighted by Crippen LogP contribution is -2.21. The van der Waals surface area contributed by atoms with Crippen molar-refractivity contribution >= 4 is 17.5 Å². The molecular weight excluding hydrogens is 182 g/mol. The molecule has 0 saturated carbocycles. The summed E-state index contributed by atoms with van der Waals surface area (Å²) in [5.74, 6) is -0.415. The Morgan fingerprint density at radius 2 is 2.42 bits per heavy atom. The third kappa shape index (κ3) is 2.06. The van der Waals surface area contributed by atoms with E-state index in [0.29, 0.717) is 4.85 Å². The van der Waals surface area contributed by atoms with Gasteiger partial charge in [0.1, 0.15) is 0 Å². The maximum atomic E-state index is 10.5. The van der Waals surface area contributed by atoms with Gasteiger partial charge in [-0.2, -0.15) is 4.99 Å². The van der Waals surface area contributed by atoms with Gasteiger partial charge in [-0.15, -0.1) is 5.10 Å². The molecule has 1 heterocycles. The number of carbonyl (C=O) groups excluding carboxylic acids is 1. The summed E-state index contributed by atoms with van der Waals surface area (Å²) in [7, 11) is 0. The molecule has 0 radical (unpaired) electrons. The fraction of sp³-hybridized carbons (Fsp3) is 0.167. The topological polar surface area (TPSA) is 67.5 Å². The fourth-order valence-corrected chi connectivity index (χ4v) is 0.763. The van der Waals surface area contributed by atoms with Gasteiger partial charge >= 0.3 is 0 Å². The lowest BCUT2D eigenvalue weighted by Gasteiger charge is -1.95. The van der Waals surface area contributed by atoms with E-state index in [-0.39, 0.29) is 10.6 Å². The zero-order chi connectivity index (χ0) is 9.14. The van der Waals surface area contributed by atoms with Gasteiger partial charge in [-0.25, -0.2) is 0 Å². The first-order chi connectivity index (χ1) is 5.59. The molecular formula is C6H6ClN3O2. The number of hydrogen-bond acceptors (Lipinski definition) is 3. The number of amides is 1. The van der Waals surface area contributed by atoms with Crippen molar-refractivity contribution in [3.8, 4) is 0 Å². The average Bonchev–Trinajstić information content (AvgIpc) is 1.94. The second-order valence-electron chi connectivity index (χ2n) is 2.03. The SMILES string of the molecule is CC(=O)N=c1ccc(Cl)nn1O. The summed E-state index contributed by atoms with van der Waals surface area (Å²) in [5.41, 5.74) is 0.0481. The second kappa shape index (κ2) is 3.36. The molecule has 5 nitrogen and oxygen atoms in total. The minimum Gasteiger partial charge on any atom is -0.410 e. The summed E-state index contributed by atoms with van der Waals surface area (Å²) >= 11 is 5.43. The molecule has 0 aliphatic heterocycles. The Bertz CT molecular complexity index is 371. The molecule has 0 saturated heterocycles. The van der Waals surface area contributed by atoms with Crippen LogP contribution in [0.5, 0.6) is 0 Å². The Hall–Kier alpha value is -1.36. The highest BCUT2D eigenvalue weighted by Crippen LogP contribution is 1.96. The molecule has 1 rings (SSSR count).